The van der Waals surface area contributed by atoms with Gasteiger partial charge in [0.15, 0.2) is 11.5 Å². The molecule has 0 saturated carbocycles. The van der Waals surface area contributed by atoms with Gasteiger partial charge in [0.25, 0.3) is 5.91 Å². The fourth-order valence-corrected chi connectivity index (χ4v) is 2.58. The highest BCUT2D eigenvalue weighted by molar-refractivity contribution is 6.04. The molecule has 0 radical (unpaired) electrons. The van der Waals surface area contributed by atoms with Crippen LogP contribution >= 0.6 is 0 Å². The molecule has 0 aliphatic rings. The molecule has 0 saturated heterocycles. The van der Waals surface area contributed by atoms with Crippen molar-refractivity contribution in [3.05, 3.63) is 60.3 Å². The van der Waals surface area contributed by atoms with Crippen LogP contribution in [0.5, 0.6) is 11.5 Å². The molecule has 0 spiro atoms. The molecule has 0 aliphatic carbocycles. The third kappa shape index (κ3) is 4.03. The van der Waals surface area contributed by atoms with Crippen LogP contribution in [0.4, 0.5) is 5.69 Å². The smallest absolute Gasteiger partial charge is 0.255 e. The van der Waals surface area contributed by atoms with Crippen LogP contribution in [0, 0.1) is 0 Å². The van der Waals surface area contributed by atoms with E-state index in [4.69, 9.17) is 9.47 Å². The maximum absolute atomic E-state index is 12.6. The predicted octanol–water partition coefficient (Wildman–Crippen LogP) is 4.13. The Kier molecular flexibility index (Phi) is 5.53. The van der Waals surface area contributed by atoms with E-state index >= 15 is 0 Å². The Morgan fingerprint density at radius 1 is 1.04 bits per heavy atom. The Labute approximate surface area is 152 Å². The first kappa shape index (κ1) is 17.5. The summed E-state index contributed by atoms with van der Waals surface area (Å²) in [4.78, 5) is 12.6. The van der Waals surface area contributed by atoms with Gasteiger partial charge in [-0.25, -0.2) is 0 Å². The van der Waals surface area contributed by atoms with Crippen LogP contribution in [0.3, 0.4) is 0 Å². The second-order valence-electron chi connectivity index (χ2n) is 5.53. The first-order valence-electron chi connectivity index (χ1n) is 8.52. The Balaban J connectivity index is 1.79. The molecule has 0 unspecified atom stereocenters. The molecular weight excluding hydrogens is 330 g/mol. The second kappa shape index (κ2) is 8.20. The minimum Gasteiger partial charge on any atom is -0.490 e. The molecule has 26 heavy (non-hydrogen) atoms. The number of amides is 1. The third-order valence-corrected chi connectivity index (χ3v) is 3.74. The third-order valence-electron chi connectivity index (χ3n) is 3.74. The van der Waals surface area contributed by atoms with Gasteiger partial charge in [-0.2, -0.15) is 5.10 Å². The van der Waals surface area contributed by atoms with E-state index in [9.17, 15) is 4.79 Å². The number of ether oxygens (including phenoxy) is 2. The van der Waals surface area contributed by atoms with Gasteiger partial charge in [0, 0.05) is 23.0 Å². The summed E-state index contributed by atoms with van der Waals surface area (Å²) in [6.45, 7) is 4.83. The van der Waals surface area contributed by atoms with Crippen LogP contribution in [0.2, 0.25) is 0 Å². The summed E-state index contributed by atoms with van der Waals surface area (Å²) in [5, 5.41) is 9.77. The number of nitrogens with one attached hydrogen (secondary N) is 2. The van der Waals surface area contributed by atoms with Gasteiger partial charge < -0.3 is 14.8 Å². The zero-order chi connectivity index (χ0) is 18.4. The van der Waals surface area contributed by atoms with Crippen LogP contribution in [-0.4, -0.2) is 29.3 Å². The molecular formula is C20H21N3O3. The van der Waals surface area contributed by atoms with Crippen LogP contribution in [0.25, 0.3) is 11.3 Å². The van der Waals surface area contributed by atoms with Crippen molar-refractivity contribution in [3.8, 4) is 22.8 Å². The number of nitrogens with zero attached hydrogens (tertiary/aromatic N) is 1. The average Bonchev–Trinajstić information content (AvgIpc) is 3.18. The molecule has 6 nitrogen and oxygen atoms in total. The number of rotatable bonds is 7. The monoisotopic (exact) mass is 351 g/mol. The number of aromatic nitrogens is 2. The van der Waals surface area contributed by atoms with Gasteiger partial charge >= 0.3 is 0 Å². The summed E-state index contributed by atoms with van der Waals surface area (Å²) < 4.78 is 11.1. The zero-order valence-corrected chi connectivity index (χ0v) is 14.8. The normalized spacial score (nSPS) is 10.4. The van der Waals surface area contributed by atoms with E-state index in [0.717, 1.165) is 11.3 Å². The Hall–Kier alpha value is -3.28. The molecule has 2 N–H and O–H groups in total. The highest BCUT2D eigenvalue weighted by atomic mass is 16.5. The lowest BCUT2D eigenvalue weighted by molar-refractivity contribution is 0.102. The van der Waals surface area contributed by atoms with Crippen molar-refractivity contribution in [2.45, 2.75) is 13.8 Å². The molecule has 1 amide bonds. The number of hydrogen-bond donors (Lipinski definition) is 2. The number of carbonyl (C=O) groups is 1. The summed E-state index contributed by atoms with van der Waals surface area (Å²) in [5.41, 5.74) is 3.04. The first-order chi connectivity index (χ1) is 12.7. The van der Waals surface area contributed by atoms with Gasteiger partial charge in [-0.3, -0.25) is 9.89 Å². The van der Waals surface area contributed by atoms with Crippen LogP contribution < -0.4 is 14.8 Å². The molecule has 0 fully saturated rings. The van der Waals surface area contributed by atoms with E-state index in [1.165, 1.54) is 0 Å². The van der Waals surface area contributed by atoms with Crippen LogP contribution in [0.1, 0.15) is 24.2 Å². The summed E-state index contributed by atoms with van der Waals surface area (Å²) in [6.07, 6.45) is 1.69. The molecule has 0 atom stereocenters. The fraction of sp³-hybridized carbons (Fsp3) is 0.200. The highest BCUT2D eigenvalue weighted by Crippen LogP contribution is 2.29. The predicted molar refractivity (Wildman–Crippen MR) is 101 cm³/mol. The van der Waals surface area contributed by atoms with Gasteiger partial charge in [-0.05, 0) is 50.2 Å². The van der Waals surface area contributed by atoms with Crippen molar-refractivity contribution in [3.63, 3.8) is 0 Å². The molecule has 1 heterocycles. The maximum atomic E-state index is 12.6. The molecule has 1 aromatic heterocycles. The standard InChI is InChI=1S/C20H21N3O3/c1-3-25-18-9-8-15(13-19(18)26-4-2)20(24)22-16-7-5-6-14(12-16)17-10-11-21-23-17/h5-13H,3-4H2,1-2H3,(H,21,23)(H,22,24). The number of hydrogen-bond acceptors (Lipinski definition) is 4. The van der Waals surface area contributed by atoms with Crippen LogP contribution in [0.15, 0.2) is 54.7 Å². The maximum Gasteiger partial charge on any atom is 0.255 e. The quantitative estimate of drug-likeness (QED) is 0.671. The van der Waals surface area contributed by atoms with Crippen molar-refractivity contribution < 1.29 is 14.3 Å². The van der Waals surface area contributed by atoms with Gasteiger partial charge in [0.2, 0.25) is 0 Å². The zero-order valence-electron chi connectivity index (χ0n) is 14.8. The van der Waals surface area contributed by atoms with Crippen molar-refractivity contribution in [1.29, 1.82) is 0 Å². The van der Waals surface area contributed by atoms with E-state index in [2.05, 4.69) is 15.5 Å². The minimum atomic E-state index is -0.212. The lowest BCUT2D eigenvalue weighted by atomic mass is 10.1. The van der Waals surface area contributed by atoms with Crippen molar-refractivity contribution in [1.82, 2.24) is 10.2 Å². The SMILES string of the molecule is CCOc1ccc(C(=O)Nc2cccc(-c3ccn[nH]3)c2)cc1OCC. The Morgan fingerprint density at radius 3 is 2.58 bits per heavy atom. The second-order valence-corrected chi connectivity index (χ2v) is 5.53. The van der Waals surface area contributed by atoms with E-state index in [1.54, 1.807) is 24.4 Å². The van der Waals surface area contributed by atoms with Crippen molar-refractivity contribution >= 4 is 11.6 Å². The van der Waals surface area contributed by atoms with Gasteiger partial charge in [-0.15, -0.1) is 0 Å². The molecule has 0 aliphatic heterocycles. The van der Waals surface area contributed by atoms with E-state index in [-0.39, 0.29) is 5.91 Å². The Morgan fingerprint density at radius 2 is 1.85 bits per heavy atom. The summed E-state index contributed by atoms with van der Waals surface area (Å²) in [7, 11) is 0. The highest BCUT2D eigenvalue weighted by Gasteiger charge is 2.12. The van der Waals surface area contributed by atoms with E-state index in [0.29, 0.717) is 36.0 Å². The molecule has 134 valence electrons. The topological polar surface area (TPSA) is 76.2 Å². The number of anilines is 1. The van der Waals surface area contributed by atoms with E-state index < -0.39 is 0 Å². The summed E-state index contributed by atoms with van der Waals surface area (Å²) in [6, 6.07) is 14.6. The minimum absolute atomic E-state index is 0.212. The molecule has 3 aromatic rings. The summed E-state index contributed by atoms with van der Waals surface area (Å²) in [5.74, 6) is 0.983. The van der Waals surface area contributed by atoms with Gasteiger partial charge in [0.1, 0.15) is 0 Å². The average molecular weight is 351 g/mol. The van der Waals surface area contributed by atoms with Gasteiger partial charge in [0.05, 0.1) is 18.9 Å². The molecule has 6 heteroatoms. The Bertz CT molecular complexity index is 876. The fourth-order valence-electron chi connectivity index (χ4n) is 2.58. The van der Waals surface area contributed by atoms with Crippen molar-refractivity contribution in [2.75, 3.05) is 18.5 Å². The first-order valence-corrected chi connectivity index (χ1v) is 8.52. The number of benzene rings is 2. The van der Waals surface area contributed by atoms with E-state index in [1.807, 2.05) is 44.2 Å². The molecule has 0 bridgehead atoms. The summed E-state index contributed by atoms with van der Waals surface area (Å²) >= 11 is 0. The van der Waals surface area contributed by atoms with Crippen LogP contribution in [-0.2, 0) is 0 Å². The number of carbonyl (C=O) groups excluding carboxylic acids is 1. The van der Waals surface area contributed by atoms with Crippen molar-refractivity contribution in [2.24, 2.45) is 0 Å². The lowest BCUT2D eigenvalue weighted by Crippen LogP contribution is -2.12. The van der Waals surface area contributed by atoms with Gasteiger partial charge in [-0.1, -0.05) is 12.1 Å². The largest absolute Gasteiger partial charge is 0.490 e. The number of aromatic amines is 1. The molecule has 2 aromatic carbocycles. The lowest BCUT2D eigenvalue weighted by Gasteiger charge is -2.12. The number of H-pyrrole nitrogens is 1. The molecule has 3 rings (SSSR count).